The smallest absolute Gasteiger partial charge is 0.258 e. The maximum Gasteiger partial charge on any atom is 0.258 e. The van der Waals surface area contributed by atoms with Crippen molar-refractivity contribution in [2.75, 3.05) is 26.2 Å². The average Bonchev–Trinajstić information content (AvgIpc) is 3.18. The van der Waals surface area contributed by atoms with Crippen molar-refractivity contribution in [3.05, 3.63) is 53.1 Å². The maximum absolute atomic E-state index is 11.1. The fraction of sp³-hybridized carbons (Fsp3) is 0.423. The Morgan fingerprint density at radius 3 is 2.61 bits per heavy atom. The first-order valence-electron chi connectivity index (χ1n) is 11.6. The van der Waals surface area contributed by atoms with Gasteiger partial charge in [-0.2, -0.15) is 4.98 Å². The van der Waals surface area contributed by atoms with Gasteiger partial charge in [0, 0.05) is 44.2 Å². The van der Waals surface area contributed by atoms with Gasteiger partial charge in [-0.05, 0) is 74.6 Å². The van der Waals surface area contributed by atoms with Crippen molar-refractivity contribution in [3.8, 4) is 28.6 Å². The summed E-state index contributed by atoms with van der Waals surface area (Å²) in [5, 5.41) is 7.12. The highest BCUT2D eigenvalue weighted by atomic mass is 16.5. The van der Waals surface area contributed by atoms with Crippen LogP contribution in [0.5, 0.6) is 5.75 Å². The van der Waals surface area contributed by atoms with Gasteiger partial charge in [0.15, 0.2) is 0 Å². The van der Waals surface area contributed by atoms with Crippen molar-refractivity contribution in [2.45, 2.75) is 46.6 Å². The number of carbonyl (C=O) groups is 1. The molecule has 0 atom stereocenters. The van der Waals surface area contributed by atoms with Gasteiger partial charge in [0.05, 0.1) is 6.10 Å². The first-order chi connectivity index (χ1) is 15.9. The van der Waals surface area contributed by atoms with Crippen LogP contribution >= 0.6 is 0 Å². The van der Waals surface area contributed by atoms with Gasteiger partial charge in [-0.25, -0.2) is 0 Å². The van der Waals surface area contributed by atoms with Crippen LogP contribution in [0.3, 0.4) is 0 Å². The van der Waals surface area contributed by atoms with Crippen LogP contribution in [0.15, 0.2) is 40.9 Å². The SMILES string of the molecule is CC(=O)NCCN1CCc2ccc(-c3noc(-c4ccc(OC(C)C)c(C)c4)n3)cc2CC1. The van der Waals surface area contributed by atoms with E-state index in [1.54, 1.807) is 6.92 Å². The third kappa shape index (κ3) is 5.79. The minimum Gasteiger partial charge on any atom is -0.491 e. The largest absolute Gasteiger partial charge is 0.491 e. The molecule has 0 unspecified atom stereocenters. The van der Waals surface area contributed by atoms with Gasteiger partial charge in [0.2, 0.25) is 11.7 Å². The first-order valence-corrected chi connectivity index (χ1v) is 11.6. The molecule has 7 nitrogen and oxygen atoms in total. The number of nitrogens with one attached hydrogen (secondary N) is 1. The first kappa shape index (κ1) is 23.0. The zero-order chi connectivity index (χ0) is 23.4. The summed E-state index contributed by atoms with van der Waals surface area (Å²) in [5.74, 6) is 1.99. The molecular weight excluding hydrogens is 416 g/mol. The van der Waals surface area contributed by atoms with Gasteiger partial charge in [0.25, 0.3) is 5.89 Å². The van der Waals surface area contributed by atoms with Gasteiger partial charge < -0.3 is 19.5 Å². The van der Waals surface area contributed by atoms with E-state index >= 15 is 0 Å². The number of nitrogens with zero attached hydrogens (tertiary/aromatic N) is 3. The standard InChI is InChI=1S/C26H32N4O3/c1-17(2)32-24-8-7-23(15-18(24)3)26-28-25(29-33-26)22-6-5-20-9-12-30(13-10-21(20)16-22)14-11-27-19(4)31/h5-8,15-17H,9-14H2,1-4H3,(H,27,31). The minimum absolute atomic E-state index is 0.0206. The Labute approximate surface area is 195 Å². The molecular formula is C26H32N4O3. The van der Waals surface area contributed by atoms with Gasteiger partial charge in [-0.3, -0.25) is 4.79 Å². The molecule has 0 bridgehead atoms. The van der Waals surface area contributed by atoms with E-state index in [9.17, 15) is 4.79 Å². The Balaban J connectivity index is 1.46. The van der Waals surface area contributed by atoms with Gasteiger partial charge in [-0.1, -0.05) is 17.3 Å². The number of aryl methyl sites for hydroxylation is 1. The lowest BCUT2D eigenvalue weighted by molar-refractivity contribution is -0.119. The molecule has 174 valence electrons. The van der Waals surface area contributed by atoms with Crippen LogP contribution in [0.2, 0.25) is 0 Å². The summed E-state index contributed by atoms with van der Waals surface area (Å²) in [7, 11) is 0. The predicted octanol–water partition coefficient (Wildman–Crippen LogP) is 4.04. The molecule has 4 rings (SSSR count). The summed E-state index contributed by atoms with van der Waals surface area (Å²) in [6.45, 7) is 11.1. The van der Waals surface area contributed by atoms with Gasteiger partial charge in [-0.15, -0.1) is 0 Å². The summed E-state index contributed by atoms with van der Waals surface area (Å²) < 4.78 is 11.4. The molecule has 1 amide bonds. The summed E-state index contributed by atoms with van der Waals surface area (Å²) >= 11 is 0. The second-order valence-electron chi connectivity index (χ2n) is 8.88. The highest BCUT2D eigenvalue weighted by molar-refractivity contribution is 5.72. The number of carbonyl (C=O) groups excluding carboxylic acids is 1. The maximum atomic E-state index is 11.1. The number of hydrogen-bond acceptors (Lipinski definition) is 6. The molecule has 1 aliphatic heterocycles. The Morgan fingerprint density at radius 2 is 1.88 bits per heavy atom. The monoisotopic (exact) mass is 448 g/mol. The molecule has 0 spiro atoms. The fourth-order valence-electron chi connectivity index (χ4n) is 4.15. The van der Waals surface area contributed by atoms with Crippen molar-refractivity contribution in [1.82, 2.24) is 20.4 Å². The van der Waals surface area contributed by atoms with E-state index < -0.39 is 0 Å². The number of amides is 1. The van der Waals surface area contributed by atoms with E-state index in [0.29, 0.717) is 18.3 Å². The van der Waals surface area contributed by atoms with Crippen LogP contribution < -0.4 is 10.1 Å². The normalized spacial score (nSPS) is 14.1. The molecule has 1 N–H and O–H groups in total. The fourth-order valence-corrected chi connectivity index (χ4v) is 4.15. The molecule has 0 aliphatic carbocycles. The van der Waals surface area contributed by atoms with E-state index in [0.717, 1.165) is 54.9 Å². The molecule has 0 saturated carbocycles. The Kier molecular flexibility index (Phi) is 7.08. The molecule has 0 saturated heterocycles. The van der Waals surface area contributed by atoms with Crippen LogP contribution in [0, 0.1) is 6.92 Å². The van der Waals surface area contributed by atoms with Crippen LogP contribution in [-0.4, -0.2) is 53.2 Å². The number of aromatic nitrogens is 2. The molecule has 0 radical (unpaired) electrons. The molecule has 7 heteroatoms. The number of benzene rings is 2. The van der Waals surface area contributed by atoms with Crippen LogP contribution in [0.4, 0.5) is 0 Å². The summed E-state index contributed by atoms with van der Waals surface area (Å²) in [5.41, 5.74) is 5.57. The molecule has 1 aliphatic rings. The minimum atomic E-state index is 0.0206. The zero-order valence-corrected chi connectivity index (χ0v) is 19.9. The van der Waals surface area contributed by atoms with Crippen molar-refractivity contribution in [1.29, 1.82) is 0 Å². The quantitative estimate of drug-likeness (QED) is 0.588. The van der Waals surface area contributed by atoms with E-state index in [4.69, 9.17) is 9.26 Å². The lowest BCUT2D eigenvalue weighted by atomic mass is 10.00. The summed E-state index contributed by atoms with van der Waals surface area (Å²) in [6.07, 6.45) is 2.09. The Bertz CT molecular complexity index is 1120. The van der Waals surface area contributed by atoms with E-state index in [1.807, 2.05) is 39.0 Å². The molecule has 33 heavy (non-hydrogen) atoms. The van der Waals surface area contributed by atoms with Crippen molar-refractivity contribution < 1.29 is 14.1 Å². The lowest BCUT2D eigenvalue weighted by Crippen LogP contribution is -2.35. The molecule has 0 fully saturated rings. The number of hydrogen-bond donors (Lipinski definition) is 1. The van der Waals surface area contributed by atoms with Crippen LogP contribution in [0.25, 0.3) is 22.8 Å². The van der Waals surface area contributed by atoms with E-state index in [2.05, 4.69) is 38.6 Å². The zero-order valence-electron chi connectivity index (χ0n) is 19.9. The Morgan fingerprint density at radius 1 is 1.12 bits per heavy atom. The van der Waals surface area contributed by atoms with E-state index in [1.165, 1.54) is 11.1 Å². The highest BCUT2D eigenvalue weighted by Crippen LogP contribution is 2.29. The predicted molar refractivity (Wildman–Crippen MR) is 128 cm³/mol. The summed E-state index contributed by atoms with van der Waals surface area (Å²) in [4.78, 5) is 18.2. The number of fused-ring (bicyclic) bond motifs is 1. The lowest BCUT2D eigenvalue weighted by Gasteiger charge is -2.19. The second-order valence-corrected chi connectivity index (χ2v) is 8.88. The second kappa shape index (κ2) is 10.2. The molecule has 3 aromatic rings. The van der Waals surface area contributed by atoms with Crippen molar-refractivity contribution in [3.63, 3.8) is 0 Å². The van der Waals surface area contributed by atoms with Crippen molar-refractivity contribution >= 4 is 5.91 Å². The van der Waals surface area contributed by atoms with Gasteiger partial charge >= 0.3 is 0 Å². The number of rotatable bonds is 7. The average molecular weight is 449 g/mol. The van der Waals surface area contributed by atoms with E-state index in [-0.39, 0.29) is 12.0 Å². The third-order valence-corrected chi connectivity index (χ3v) is 5.87. The number of ether oxygens (including phenoxy) is 1. The molecule has 2 aromatic carbocycles. The third-order valence-electron chi connectivity index (χ3n) is 5.87. The van der Waals surface area contributed by atoms with Gasteiger partial charge in [0.1, 0.15) is 5.75 Å². The topological polar surface area (TPSA) is 80.5 Å². The Hall–Kier alpha value is -3.19. The van der Waals surface area contributed by atoms with Crippen LogP contribution in [0.1, 0.15) is 37.5 Å². The molecule has 1 aromatic heterocycles. The highest BCUT2D eigenvalue weighted by Gasteiger charge is 2.17. The summed E-state index contributed by atoms with van der Waals surface area (Å²) in [6, 6.07) is 12.4. The van der Waals surface area contributed by atoms with Crippen LogP contribution in [-0.2, 0) is 17.6 Å². The van der Waals surface area contributed by atoms with Crippen molar-refractivity contribution in [2.24, 2.45) is 0 Å². The molecule has 2 heterocycles.